The van der Waals surface area contributed by atoms with E-state index in [1.165, 1.54) is 0 Å². The second-order valence-corrected chi connectivity index (χ2v) is 3.47. The lowest BCUT2D eigenvalue weighted by atomic mass is 10.1. The number of benzene rings is 1. The molecule has 14 heavy (non-hydrogen) atoms. The molecular formula is C11H14FNO. The summed E-state index contributed by atoms with van der Waals surface area (Å²) in [5.41, 5.74) is 1.85. The number of hydrogen-bond acceptors (Lipinski definition) is 2. The van der Waals surface area contributed by atoms with Gasteiger partial charge in [0.1, 0.15) is 11.6 Å². The number of rotatable bonds is 3. The first-order valence-electron chi connectivity index (χ1n) is 4.90. The van der Waals surface area contributed by atoms with Crippen molar-refractivity contribution in [1.29, 1.82) is 0 Å². The molecule has 0 amide bonds. The van der Waals surface area contributed by atoms with Crippen LogP contribution in [0.3, 0.4) is 0 Å². The van der Waals surface area contributed by atoms with E-state index in [4.69, 9.17) is 4.74 Å². The molecule has 1 aliphatic rings. The zero-order valence-corrected chi connectivity index (χ0v) is 8.27. The highest BCUT2D eigenvalue weighted by Gasteiger charge is 2.18. The van der Waals surface area contributed by atoms with Gasteiger partial charge in [0.05, 0.1) is 6.61 Å². The van der Waals surface area contributed by atoms with Crippen molar-refractivity contribution in [1.82, 2.24) is 5.32 Å². The maximum absolute atomic E-state index is 13.5. The van der Waals surface area contributed by atoms with Gasteiger partial charge < -0.3 is 10.1 Å². The van der Waals surface area contributed by atoms with Gasteiger partial charge in [0.25, 0.3) is 0 Å². The fraction of sp³-hybridized carbons (Fsp3) is 0.455. The molecule has 76 valence electrons. The van der Waals surface area contributed by atoms with Crippen molar-refractivity contribution in [3.63, 3.8) is 0 Å². The molecule has 0 radical (unpaired) electrons. The molecule has 2 nitrogen and oxygen atoms in total. The molecule has 0 bridgehead atoms. The minimum Gasteiger partial charge on any atom is -0.493 e. The summed E-state index contributed by atoms with van der Waals surface area (Å²) < 4.78 is 18.9. The van der Waals surface area contributed by atoms with Gasteiger partial charge in [-0.25, -0.2) is 4.39 Å². The summed E-state index contributed by atoms with van der Waals surface area (Å²) in [4.78, 5) is 0. The fourth-order valence-corrected chi connectivity index (χ4v) is 1.77. The van der Waals surface area contributed by atoms with Crippen LogP contribution in [0.2, 0.25) is 0 Å². The zero-order chi connectivity index (χ0) is 9.97. The van der Waals surface area contributed by atoms with Crippen LogP contribution >= 0.6 is 0 Å². The monoisotopic (exact) mass is 195 g/mol. The third-order valence-corrected chi connectivity index (χ3v) is 2.53. The van der Waals surface area contributed by atoms with Crippen LogP contribution in [0.5, 0.6) is 5.75 Å². The summed E-state index contributed by atoms with van der Waals surface area (Å²) in [6, 6.07) is 3.36. The standard InChI is InChI=1S/C11H14FNO/c1-13-6-4-9-10(12)3-2-8-5-7-14-11(8)9/h2-3,13H,4-7H2,1H3. The van der Waals surface area contributed by atoms with Gasteiger partial charge in [-0.05, 0) is 31.6 Å². The van der Waals surface area contributed by atoms with E-state index in [0.29, 0.717) is 18.6 Å². The lowest BCUT2D eigenvalue weighted by molar-refractivity contribution is 0.351. The maximum Gasteiger partial charge on any atom is 0.130 e. The van der Waals surface area contributed by atoms with Crippen molar-refractivity contribution in [3.8, 4) is 5.75 Å². The number of ether oxygens (including phenoxy) is 1. The molecule has 0 fully saturated rings. The quantitative estimate of drug-likeness (QED) is 0.789. The largest absolute Gasteiger partial charge is 0.493 e. The zero-order valence-electron chi connectivity index (χ0n) is 8.27. The second-order valence-electron chi connectivity index (χ2n) is 3.47. The Kier molecular flexibility index (Phi) is 2.68. The van der Waals surface area contributed by atoms with Crippen molar-refractivity contribution >= 4 is 0 Å². The van der Waals surface area contributed by atoms with Gasteiger partial charge in [0.15, 0.2) is 0 Å². The third kappa shape index (κ3) is 1.60. The minimum absolute atomic E-state index is 0.152. The first kappa shape index (κ1) is 9.46. The van der Waals surface area contributed by atoms with E-state index in [9.17, 15) is 4.39 Å². The second kappa shape index (κ2) is 3.96. The molecule has 0 aromatic heterocycles. The summed E-state index contributed by atoms with van der Waals surface area (Å²) in [6.45, 7) is 1.46. The molecule has 0 atom stereocenters. The van der Waals surface area contributed by atoms with Crippen LogP contribution in [0.1, 0.15) is 11.1 Å². The molecule has 1 aliphatic heterocycles. The van der Waals surface area contributed by atoms with Gasteiger partial charge in [-0.1, -0.05) is 6.07 Å². The van der Waals surface area contributed by atoms with E-state index >= 15 is 0 Å². The lowest BCUT2D eigenvalue weighted by Gasteiger charge is -2.08. The summed E-state index contributed by atoms with van der Waals surface area (Å²) in [5, 5.41) is 3.01. The van der Waals surface area contributed by atoms with Crippen LogP contribution < -0.4 is 10.1 Å². The Hall–Kier alpha value is -1.09. The van der Waals surface area contributed by atoms with Crippen molar-refractivity contribution < 1.29 is 9.13 Å². The molecule has 2 rings (SSSR count). The van der Waals surface area contributed by atoms with Crippen molar-refractivity contribution in [2.24, 2.45) is 0 Å². The van der Waals surface area contributed by atoms with Crippen molar-refractivity contribution in [2.75, 3.05) is 20.2 Å². The summed E-state index contributed by atoms with van der Waals surface area (Å²) in [7, 11) is 1.86. The van der Waals surface area contributed by atoms with Gasteiger partial charge in [-0.3, -0.25) is 0 Å². The molecule has 1 N–H and O–H groups in total. The van der Waals surface area contributed by atoms with Crippen LogP contribution in [0.4, 0.5) is 4.39 Å². The summed E-state index contributed by atoms with van der Waals surface area (Å²) >= 11 is 0. The van der Waals surface area contributed by atoms with Crippen LogP contribution in [0.15, 0.2) is 12.1 Å². The van der Waals surface area contributed by atoms with Crippen LogP contribution in [0.25, 0.3) is 0 Å². The van der Waals surface area contributed by atoms with E-state index in [1.807, 2.05) is 13.1 Å². The number of likely N-dealkylation sites (N-methyl/N-ethyl adjacent to an activating group) is 1. The van der Waals surface area contributed by atoms with Gasteiger partial charge in [0.2, 0.25) is 0 Å². The highest BCUT2D eigenvalue weighted by atomic mass is 19.1. The van der Waals surface area contributed by atoms with E-state index in [0.717, 1.165) is 24.3 Å². The van der Waals surface area contributed by atoms with E-state index in [1.54, 1.807) is 6.07 Å². The van der Waals surface area contributed by atoms with Gasteiger partial charge in [-0.15, -0.1) is 0 Å². The Morgan fingerprint density at radius 2 is 2.36 bits per heavy atom. The van der Waals surface area contributed by atoms with Crippen molar-refractivity contribution in [3.05, 3.63) is 29.1 Å². The third-order valence-electron chi connectivity index (χ3n) is 2.53. The van der Waals surface area contributed by atoms with Crippen LogP contribution in [-0.4, -0.2) is 20.2 Å². The molecule has 0 saturated heterocycles. The van der Waals surface area contributed by atoms with E-state index in [-0.39, 0.29) is 5.82 Å². The highest BCUT2D eigenvalue weighted by molar-refractivity contribution is 5.45. The molecule has 1 heterocycles. The summed E-state index contributed by atoms with van der Waals surface area (Å²) in [6.07, 6.45) is 1.59. The molecule has 0 unspecified atom stereocenters. The number of hydrogen-bond donors (Lipinski definition) is 1. The predicted octanol–water partition coefficient (Wildman–Crippen LogP) is 1.52. The molecule has 3 heteroatoms. The fourth-order valence-electron chi connectivity index (χ4n) is 1.77. The van der Waals surface area contributed by atoms with Crippen LogP contribution in [0, 0.1) is 5.82 Å². The van der Waals surface area contributed by atoms with Gasteiger partial charge in [0, 0.05) is 12.0 Å². The number of fused-ring (bicyclic) bond motifs is 1. The Morgan fingerprint density at radius 3 is 3.14 bits per heavy atom. The number of nitrogens with one attached hydrogen (secondary N) is 1. The maximum atomic E-state index is 13.5. The predicted molar refractivity (Wildman–Crippen MR) is 53.2 cm³/mol. The molecule has 0 spiro atoms. The number of halogens is 1. The first-order valence-corrected chi connectivity index (χ1v) is 4.90. The minimum atomic E-state index is -0.152. The average Bonchev–Trinajstić information content (AvgIpc) is 2.64. The Balaban J connectivity index is 2.31. The smallest absolute Gasteiger partial charge is 0.130 e. The average molecular weight is 195 g/mol. The Bertz CT molecular complexity index is 338. The molecule has 0 saturated carbocycles. The van der Waals surface area contributed by atoms with Crippen LogP contribution in [-0.2, 0) is 12.8 Å². The highest BCUT2D eigenvalue weighted by Crippen LogP contribution is 2.31. The molecular weight excluding hydrogens is 181 g/mol. The van der Waals surface area contributed by atoms with Gasteiger partial charge >= 0.3 is 0 Å². The Morgan fingerprint density at radius 1 is 1.50 bits per heavy atom. The normalized spacial score (nSPS) is 13.9. The SMILES string of the molecule is CNCCc1c(F)ccc2c1OCC2. The topological polar surface area (TPSA) is 21.3 Å². The van der Waals surface area contributed by atoms with Crippen molar-refractivity contribution in [2.45, 2.75) is 12.8 Å². The van der Waals surface area contributed by atoms with E-state index < -0.39 is 0 Å². The molecule has 1 aromatic rings. The molecule has 1 aromatic carbocycles. The summed E-state index contributed by atoms with van der Waals surface area (Å²) in [5.74, 6) is 0.626. The Labute approximate surface area is 83.1 Å². The molecule has 0 aliphatic carbocycles. The first-order chi connectivity index (χ1) is 6.83. The lowest BCUT2D eigenvalue weighted by Crippen LogP contribution is -2.12. The van der Waals surface area contributed by atoms with E-state index in [2.05, 4.69) is 5.32 Å². The van der Waals surface area contributed by atoms with Gasteiger partial charge in [-0.2, -0.15) is 0 Å².